The minimum atomic E-state index is -2.66. The second-order valence-electron chi connectivity index (χ2n) is 12.0. The van der Waals surface area contributed by atoms with Crippen LogP contribution in [0.5, 0.6) is 5.75 Å². The maximum absolute atomic E-state index is 13.8. The predicted octanol–water partition coefficient (Wildman–Crippen LogP) is 2.40. The van der Waals surface area contributed by atoms with Gasteiger partial charge in [0.1, 0.15) is 22.8 Å². The quantitative estimate of drug-likeness (QED) is 0.321. The van der Waals surface area contributed by atoms with E-state index in [-0.39, 0.29) is 29.7 Å². The number of phenolic OH excluding ortho intramolecular Hbond substituents is 1. The number of carbonyl (C=O) groups excluding carboxylic acids is 3. The van der Waals surface area contributed by atoms with E-state index in [0.717, 1.165) is 6.54 Å². The number of phenols is 1. The lowest BCUT2D eigenvalue weighted by Crippen LogP contribution is -2.63. The number of carbonyl (C=O) groups is 3. The Hall–Kier alpha value is -2.92. The standard InChI is InChI=1S/C29H36ClN3O7/c1-32(2)23-17-9-14-8-16-20(18(34)10-15(22(16)30)12-33(3)11-13-6-4-5-7-13)24(35)19(14)26(37)29(17,40)27(38)21(25(23)36)28(31)39/h10,13-14,17,23,34,36-37,40H,4-9,11-12H2,1-3H3,(H2,31,39)/t14-,17-,23-,29?/m0/s1. The summed E-state index contributed by atoms with van der Waals surface area (Å²) in [6.45, 7) is 1.39. The maximum Gasteiger partial charge on any atom is 0.255 e. The summed E-state index contributed by atoms with van der Waals surface area (Å²) in [5.41, 5.74) is 2.74. The van der Waals surface area contributed by atoms with Crippen molar-refractivity contribution < 1.29 is 34.8 Å². The number of nitrogens with two attached hydrogens (primary N) is 1. The Morgan fingerprint density at radius 2 is 1.80 bits per heavy atom. The van der Waals surface area contributed by atoms with Crippen molar-refractivity contribution in [1.82, 2.24) is 9.80 Å². The number of halogens is 1. The summed E-state index contributed by atoms with van der Waals surface area (Å²) in [4.78, 5) is 42.9. The van der Waals surface area contributed by atoms with Crippen LogP contribution in [0.25, 0.3) is 0 Å². The van der Waals surface area contributed by atoms with Gasteiger partial charge in [0.2, 0.25) is 5.78 Å². The highest BCUT2D eigenvalue weighted by Crippen LogP contribution is 2.53. The van der Waals surface area contributed by atoms with Crippen LogP contribution in [0.2, 0.25) is 5.02 Å². The van der Waals surface area contributed by atoms with Crippen LogP contribution in [0.3, 0.4) is 0 Å². The number of aliphatic hydroxyl groups is 3. The minimum absolute atomic E-state index is 0.0225. The Labute approximate surface area is 237 Å². The number of nitrogens with zero attached hydrogens (tertiary/aromatic N) is 2. The molecule has 0 radical (unpaired) electrons. The highest BCUT2D eigenvalue weighted by molar-refractivity contribution is 6.33. The zero-order chi connectivity index (χ0) is 29.3. The lowest BCUT2D eigenvalue weighted by atomic mass is 9.58. The summed E-state index contributed by atoms with van der Waals surface area (Å²) >= 11 is 6.86. The normalized spacial score (nSPS) is 28.8. The smallest absolute Gasteiger partial charge is 0.255 e. The van der Waals surface area contributed by atoms with E-state index in [0.29, 0.717) is 28.6 Å². The Morgan fingerprint density at radius 3 is 2.40 bits per heavy atom. The van der Waals surface area contributed by atoms with E-state index in [1.807, 2.05) is 7.05 Å². The van der Waals surface area contributed by atoms with E-state index in [1.165, 1.54) is 36.6 Å². The van der Waals surface area contributed by atoms with E-state index in [2.05, 4.69) is 4.90 Å². The largest absolute Gasteiger partial charge is 0.510 e. The summed E-state index contributed by atoms with van der Waals surface area (Å²) in [6, 6.07) is 0.423. The van der Waals surface area contributed by atoms with Crippen LogP contribution in [0, 0.1) is 17.8 Å². The number of likely N-dealkylation sites (N-methyl/N-ethyl adjacent to an activating group) is 1. The molecule has 1 aromatic rings. The molecule has 4 atom stereocenters. The molecule has 1 unspecified atom stereocenters. The second kappa shape index (κ2) is 10.2. The number of hydrogen-bond acceptors (Lipinski definition) is 9. The molecule has 0 aromatic heterocycles. The van der Waals surface area contributed by atoms with Crippen molar-refractivity contribution in [3.63, 3.8) is 0 Å². The van der Waals surface area contributed by atoms with E-state index in [4.69, 9.17) is 17.3 Å². The van der Waals surface area contributed by atoms with Gasteiger partial charge < -0.3 is 31.1 Å². The molecule has 1 saturated carbocycles. The van der Waals surface area contributed by atoms with Crippen molar-refractivity contribution in [2.45, 2.75) is 56.7 Å². The fourth-order valence-corrected chi connectivity index (χ4v) is 7.74. The summed E-state index contributed by atoms with van der Waals surface area (Å²) < 4.78 is 0. The molecule has 216 valence electrons. The number of aromatic hydroxyl groups is 1. The number of aliphatic hydroxyl groups excluding tert-OH is 2. The molecule has 1 amide bonds. The molecule has 0 saturated heterocycles. The first kappa shape index (κ1) is 28.6. The van der Waals surface area contributed by atoms with Crippen molar-refractivity contribution in [2.75, 3.05) is 27.7 Å². The monoisotopic (exact) mass is 573 g/mol. The third-order valence-corrected chi connectivity index (χ3v) is 9.69. The van der Waals surface area contributed by atoms with E-state index in [9.17, 15) is 34.8 Å². The molecule has 0 bridgehead atoms. The molecular weight excluding hydrogens is 538 g/mol. The molecule has 6 N–H and O–H groups in total. The molecular formula is C29H36ClN3O7. The highest BCUT2D eigenvalue weighted by atomic mass is 35.5. The molecule has 1 aromatic carbocycles. The third-order valence-electron chi connectivity index (χ3n) is 9.22. The number of rotatable bonds is 6. The minimum Gasteiger partial charge on any atom is -0.510 e. The molecule has 4 aliphatic rings. The highest BCUT2D eigenvalue weighted by Gasteiger charge is 2.63. The van der Waals surface area contributed by atoms with Crippen LogP contribution < -0.4 is 5.73 Å². The second-order valence-corrected chi connectivity index (χ2v) is 12.4. The first-order chi connectivity index (χ1) is 18.8. The van der Waals surface area contributed by atoms with Crippen molar-refractivity contribution in [3.05, 3.63) is 50.4 Å². The van der Waals surface area contributed by atoms with Gasteiger partial charge in [0, 0.05) is 29.6 Å². The van der Waals surface area contributed by atoms with E-state index in [1.54, 1.807) is 14.1 Å². The van der Waals surface area contributed by atoms with E-state index >= 15 is 0 Å². The number of ketones is 2. The number of benzene rings is 1. The number of allylic oxidation sites excluding steroid dienone is 1. The molecule has 1 fully saturated rings. The van der Waals surface area contributed by atoms with Crippen molar-refractivity contribution >= 4 is 29.1 Å². The number of primary amides is 1. The van der Waals surface area contributed by atoms with Crippen LogP contribution in [0.4, 0.5) is 0 Å². The van der Waals surface area contributed by atoms with Crippen LogP contribution in [0.1, 0.15) is 53.6 Å². The van der Waals surface area contributed by atoms with Crippen LogP contribution in [0.15, 0.2) is 28.7 Å². The van der Waals surface area contributed by atoms with Gasteiger partial charge in [-0.25, -0.2) is 0 Å². The van der Waals surface area contributed by atoms with Gasteiger partial charge in [-0.3, -0.25) is 19.3 Å². The Morgan fingerprint density at radius 1 is 1.15 bits per heavy atom. The number of fused-ring (bicyclic) bond motifs is 3. The molecule has 5 rings (SSSR count). The van der Waals surface area contributed by atoms with Crippen molar-refractivity contribution in [3.8, 4) is 5.75 Å². The molecule has 40 heavy (non-hydrogen) atoms. The van der Waals surface area contributed by atoms with Gasteiger partial charge in [-0.2, -0.15) is 0 Å². The predicted molar refractivity (Wildman–Crippen MR) is 147 cm³/mol. The summed E-state index contributed by atoms with van der Waals surface area (Å²) in [6.07, 6.45) is 5.05. The molecule has 11 heteroatoms. The molecule has 0 heterocycles. The zero-order valence-corrected chi connectivity index (χ0v) is 23.7. The first-order valence-electron chi connectivity index (χ1n) is 13.7. The fraction of sp³-hybridized carbons (Fsp3) is 0.552. The van der Waals surface area contributed by atoms with Crippen LogP contribution in [-0.2, 0) is 22.6 Å². The average Bonchev–Trinajstić information content (AvgIpc) is 3.36. The van der Waals surface area contributed by atoms with Crippen molar-refractivity contribution in [2.24, 2.45) is 23.5 Å². The lowest BCUT2D eigenvalue weighted by molar-refractivity contribution is -0.148. The van der Waals surface area contributed by atoms with Crippen LogP contribution in [-0.4, -0.2) is 87.0 Å². The van der Waals surface area contributed by atoms with E-state index < -0.39 is 58.0 Å². The third kappa shape index (κ3) is 4.24. The zero-order valence-electron chi connectivity index (χ0n) is 22.9. The summed E-state index contributed by atoms with van der Waals surface area (Å²) in [7, 11) is 5.19. The fourth-order valence-electron chi connectivity index (χ4n) is 7.46. The lowest BCUT2D eigenvalue weighted by Gasteiger charge is -2.50. The number of Topliss-reactive ketones (excluding diaryl/α,β-unsaturated/α-hetero) is 2. The molecule has 0 aliphatic heterocycles. The average molecular weight is 574 g/mol. The van der Waals surface area contributed by atoms with Gasteiger partial charge in [-0.1, -0.05) is 24.4 Å². The number of hydrogen-bond donors (Lipinski definition) is 5. The van der Waals surface area contributed by atoms with Gasteiger partial charge >= 0.3 is 0 Å². The van der Waals surface area contributed by atoms with Crippen molar-refractivity contribution in [1.29, 1.82) is 0 Å². The molecule has 4 aliphatic carbocycles. The first-order valence-corrected chi connectivity index (χ1v) is 14.0. The molecule has 10 nitrogen and oxygen atoms in total. The van der Waals surface area contributed by atoms with Crippen LogP contribution >= 0.6 is 11.6 Å². The Bertz CT molecular complexity index is 1360. The summed E-state index contributed by atoms with van der Waals surface area (Å²) in [5.74, 6) is -6.14. The summed E-state index contributed by atoms with van der Waals surface area (Å²) in [5, 5.41) is 45.3. The SMILES string of the molecule is CN(Cc1cc(O)c2c(c1Cl)C[C@H]1C[C@H]3[C@H](N(C)C)C(O)=C(C(N)=O)C(=O)C3(O)C(O)=C1C2=O)CC1CCCC1. The maximum atomic E-state index is 13.8. The van der Waals surface area contributed by atoms with Gasteiger partial charge in [0.25, 0.3) is 5.91 Å². The topological polar surface area (TPSA) is 165 Å². The van der Waals surface area contributed by atoms with Gasteiger partial charge in [-0.15, -0.1) is 0 Å². The van der Waals surface area contributed by atoms with Gasteiger partial charge in [0.15, 0.2) is 11.4 Å². The Kier molecular flexibility index (Phi) is 7.27. The molecule has 0 spiro atoms. The van der Waals surface area contributed by atoms with Gasteiger partial charge in [-0.05, 0) is 75.9 Å². The van der Waals surface area contributed by atoms with Gasteiger partial charge in [0.05, 0.1) is 11.6 Å². The number of amides is 1. The Balaban J connectivity index is 1.56.